The van der Waals surface area contributed by atoms with E-state index < -0.39 is 0 Å². The molecule has 1 aliphatic heterocycles. The highest BCUT2D eigenvalue weighted by atomic mass is 16.1. The van der Waals surface area contributed by atoms with E-state index in [-0.39, 0.29) is 5.91 Å². The Labute approximate surface area is 107 Å². The van der Waals surface area contributed by atoms with E-state index in [1.165, 1.54) is 0 Å². The number of rotatable bonds is 4. The summed E-state index contributed by atoms with van der Waals surface area (Å²) in [4.78, 5) is 22.7. The molecule has 1 aromatic heterocycles. The lowest BCUT2D eigenvalue weighted by Crippen LogP contribution is -2.27. The van der Waals surface area contributed by atoms with Crippen molar-refractivity contribution in [1.82, 2.24) is 15.3 Å². The number of carbonyl (C=O) groups is 1. The lowest BCUT2D eigenvalue weighted by molar-refractivity contribution is 0.0953. The largest absolute Gasteiger partial charge is 0.347 e. The van der Waals surface area contributed by atoms with Gasteiger partial charge in [-0.1, -0.05) is 6.08 Å². The monoisotopic (exact) mass is 246 g/mol. The highest BCUT2D eigenvalue weighted by Gasteiger charge is 2.17. The molecule has 1 N–H and O–H groups in total. The molecule has 1 aromatic rings. The summed E-state index contributed by atoms with van der Waals surface area (Å²) in [5.74, 6) is 0.483. The number of nitrogens with one attached hydrogen (secondary N) is 1. The Morgan fingerprint density at radius 3 is 2.89 bits per heavy atom. The van der Waals surface area contributed by atoms with Gasteiger partial charge in [-0.3, -0.25) is 4.79 Å². The van der Waals surface area contributed by atoms with Gasteiger partial charge >= 0.3 is 0 Å². The van der Waals surface area contributed by atoms with Crippen LogP contribution in [0.15, 0.2) is 18.7 Å². The average Bonchev–Trinajstić information content (AvgIpc) is 2.89. The first kappa shape index (κ1) is 12.5. The van der Waals surface area contributed by atoms with Crippen LogP contribution < -0.4 is 10.2 Å². The molecule has 0 spiro atoms. The maximum absolute atomic E-state index is 11.9. The zero-order valence-electron chi connectivity index (χ0n) is 10.6. The van der Waals surface area contributed by atoms with Crippen molar-refractivity contribution in [3.05, 3.63) is 30.1 Å². The number of hydrogen-bond donors (Lipinski definition) is 1. The van der Waals surface area contributed by atoms with Gasteiger partial charge in [-0.25, -0.2) is 9.97 Å². The molecule has 0 saturated carbocycles. The summed E-state index contributed by atoms with van der Waals surface area (Å²) in [7, 11) is 0. The highest BCUT2D eigenvalue weighted by Crippen LogP contribution is 2.16. The standard InChI is InChI=1S/C13H18N4O/c1-3-6-14-12(18)11-9-10(2)15-13(16-11)17-7-4-5-8-17/h3,9H,1,4-8H2,2H3,(H,14,18). The van der Waals surface area contributed by atoms with E-state index in [1.807, 2.05) is 6.92 Å². The van der Waals surface area contributed by atoms with Crippen LogP contribution in [0.4, 0.5) is 5.95 Å². The van der Waals surface area contributed by atoms with Crippen molar-refractivity contribution in [2.75, 3.05) is 24.5 Å². The van der Waals surface area contributed by atoms with Crippen LogP contribution >= 0.6 is 0 Å². The Hall–Kier alpha value is -1.91. The second kappa shape index (κ2) is 5.62. The molecular formula is C13H18N4O. The molecule has 5 nitrogen and oxygen atoms in total. The lowest BCUT2D eigenvalue weighted by atomic mass is 10.3. The molecule has 96 valence electrons. The highest BCUT2D eigenvalue weighted by molar-refractivity contribution is 5.92. The van der Waals surface area contributed by atoms with Gasteiger partial charge < -0.3 is 10.2 Å². The van der Waals surface area contributed by atoms with Gasteiger partial charge in [0, 0.05) is 25.3 Å². The van der Waals surface area contributed by atoms with Crippen molar-refractivity contribution in [3.8, 4) is 0 Å². The van der Waals surface area contributed by atoms with Gasteiger partial charge in [0.05, 0.1) is 0 Å². The van der Waals surface area contributed by atoms with Gasteiger partial charge in [0.25, 0.3) is 5.91 Å². The van der Waals surface area contributed by atoms with Crippen molar-refractivity contribution in [3.63, 3.8) is 0 Å². The average molecular weight is 246 g/mol. The number of aryl methyl sites for hydroxylation is 1. The van der Waals surface area contributed by atoms with E-state index in [0.29, 0.717) is 18.2 Å². The first-order valence-electron chi connectivity index (χ1n) is 6.20. The summed E-state index contributed by atoms with van der Waals surface area (Å²) < 4.78 is 0. The molecule has 5 heteroatoms. The predicted molar refractivity (Wildman–Crippen MR) is 70.7 cm³/mol. The van der Waals surface area contributed by atoms with Gasteiger partial charge in [-0.05, 0) is 25.8 Å². The number of aromatic nitrogens is 2. The van der Waals surface area contributed by atoms with Gasteiger partial charge in [0.2, 0.25) is 5.95 Å². The maximum atomic E-state index is 11.9. The molecule has 2 rings (SSSR count). The normalized spacial score (nSPS) is 14.6. The number of carbonyl (C=O) groups excluding carboxylic acids is 1. The Morgan fingerprint density at radius 2 is 2.22 bits per heavy atom. The van der Waals surface area contributed by atoms with Crippen LogP contribution in [0, 0.1) is 6.92 Å². The fourth-order valence-corrected chi connectivity index (χ4v) is 1.98. The van der Waals surface area contributed by atoms with E-state index >= 15 is 0 Å². The molecule has 0 aliphatic carbocycles. The van der Waals surface area contributed by atoms with Crippen LogP contribution in [0.1, 0.15) is 29.0 Å². The molecule has 1 saturated heterocycles. The molecule has 0 atom stereocenters. The number of nitrogens with zero attached hydrogens (tertiary/aromatic N) is 3. The van der Waals surface area contributed by atoms with Crippen LogP contribution in [0.3, 0.4) is 0 Å². The molecule has 1 amide bonds. The Morgan fingerprint density at radius 1 is 1.50 bits per heavy atom. The van der Waals surface area contributed by atoms with Crippen molar-refractivity contribution in [2.24, 2.45) is 0 Å². The minimum atomic E-state index is -0.180. The third-order valence-corrected chi connectivity index (χ3v) is 2.87. The molecule has 0 aromatic carbocycles. The molecule has 2 heterocycles. The zero-order chi connectivity index (χ0) is 13.0. The van der Waals surface area contributed by atoms with Crippen molar-refractivity contribution in [1.29, 1.82) is 0 Å². The summed E-state index contributed by atoms with van der Waals surface area (Å²) >= 11 is 0. The summed E-state index contributed by atoms with van der Waals surface area (Å²) in [6, 6.07) is 1.71. The Kier molecular flexibility index (Phi) is 3.92. The van der Waals surface area contributed by atoms with Crippen molar-refractivity contribution < 1.29 is 4.79 Å². The third kappa shape index (κ3) is 2.85. The number of hydrogen-bond acceptors (Lipinski definition) is 4. The Bertz CT molecular complexity index is 452. The Balaban J connectivity index is 2.20. The van der Waals surface area contributed by atoms with Gasteiger partial charge in [-0.15, -0.1) is 6.58 Å². The molecular weight excluding hydrogens is 228 g/mol. The zero-order valence-corrected chi connectivity index (χ0v) is 10.6. The fourth-order valence-electron chi connectivity index (χ4n) is 1.98. The van der Waals surface area contributed by atoms with Crippen LogP contribution in [-0.4, -0.2) is 35.5 Å². The van der Waals surface area contributed by atoms with Crippen LogP contribution in [0.2, 0.25) is 0 Å². The minimum absolute atomic E-state index is 0.180. The van der Waals surface area contributed by atoms with E-state index in [2.05, 4.69) is 26.8 Å². The van der Waals surface area contributed by atoms with Crippen molar-refractivity contribution in [2.45, 2.75) is 19.8 Å². The predicted octanol–water partition coefficient (Wildman–Crippen LogP) is 1.30. The lowest BCUT2D eigenvalue weighted by Gasteiger charge is -2.16. The van der Waals surface area contributed by atoms with Crippen LogP contribution in [0.25, 0.3) is 0 Å². The van der Waals surface area contributed by atoms with Gasteiger partial charge in [0.1, 0.15) is 5.69 Å². The summed E-state index contributed by atoms with van der Waals surface area (Å²) in [5, 5.41) is 2.73. The maximum Gasteiger partial charge on any atom is 0.270 e. The molecule has 0 unspecified atom stereocenters. The summed E-state index contributed by atoms with van der Waals surface area (Å²) in [6.07, 6.45) is 3.97. The molecule has 18 heavy (non-hydrogen) atoms. The molecule has 0 bridgehead atoms. The van der Waals surface area contributed by atoms with Gasteiger partial charge in [0.15, 0.2) is 0 Å². The molecule has 0 radical (unpaired) electrons. The van der Waals surface area contributed by atoms with E-state index in [0.717, 1.165) is 31.6 Å². The third-order valence-electron chi connectivity index (χ3n) is 2.87. The van der Waals surface area contributed by atoms with E-state index in [1.54, 1.807) is 12.1 Å². The van der Waals surface area contributed by atoms with Crippen LogP contribution in [-0.2, 0) is 0 Å². The quantitative estimate of drug-likeness (QED) is 0.814. The van der Waals surface area contributed by atoms with Crippen LogP contribution in [0.5, 0.6) is 0 Å². The number of amides is 1. The first-order valence-corrected chi connectivity index (χ1v) is 6.20. The smallest absolute Gasteiger partial charge is 0.270 e. The second-order valence-corrected chi connectivity index (χ2v) is 4.39. The van der Waals surface area contributed by atoms with Crippen molar-refractivity contribution >= 4 is 11.9 Å². The SMILES string of the molecule is C=CCNC(=O)c1cc(C)nc(N2CCCC2)n1. The second-order valence-electron chi connectivity index (χ2n) is 4.39. The number of anilines is 1. The summed E-state index contributed by atoms with van der Waals surface area (Å²) in [5.41, 5.74) is 1.24. The van der Waals surface area contributed by atoms with E-state index in [9.17, 15) is 4.79 Å². The molecule has 1 aliphatic rings. The summed E-state index contributed by atoms with van der Waals surface area (Å²) in [6.45, 7) is 7.83. The first-order chi connectivity index (χ1) is 8.70. The minimum Gasteiger partial charge on any atom is -0.347 e. The topological polar surface area (TPSA) is 58.1 Å². The molecule has 1 fully saturated rings. The van der Waals surface area contributed by atoms with Gasteiger partial charge in [-0.2, -0.15) is 0 Å². The van der Waals surface area contributed by atoms with E-state index in [4.69, 9.17) is 0 Å². The fraction of sp³-hybridized carbons (Fsp3) is 0.462.